The summed E-state index contributed by atoms with van der Waals surface area (Å²) in [6, 6.07) is -0.355. The zero-order chi connectivity index (χ0) is 13.7. The van der Waals surface area contributed by atoms with Gasteiger partial charge in [0.05, 0.1) is 12.0 Å². The van der Waals surface area contributed by atoms with E-state index in [-0.39, 0.29) is 18.0 Å². The Morgan fingerprint density at radius 1 is 1.50 bits per heavy atom. The smallest absolute Gasteiger partial charge is 0.242 e. The molecule has 0 fully saturated rings. The summed E-state index contributed by atoms with van der Waals surface area (Å²) in [6.45, 7) is 8.71. The molecule has 0 aliphatic heterocycles. The van der Waals surface area contributed by atoms with Gasteiger partial charge in [0.25, 0.3) is 0 Å². The minimum atomic E-state index is -0.279. The molecule has 0 aliphatic carbocycles. The minimum Gasteiger partial charge on any atom is -0.354 e. The molecule has 0 bridgehead atoms. The summed E-state index contributed by atoms with van der Waals surface area (Å²) in [5.74, 6) is 0.451. The maximum Gasteiger partial charge on any atom is 0.242 e. The van der Waals surface area contributed by atoms with Crippen LogP contribution in [0.1, 0.15) is 51.9 Å². The quantitative estimate of drug-likeness (QED) is 0.808. The number of nitrogens with one attached hydrogen (secondary N) is 1. The lowest BCUT2D eigenvalue weighted by atomic mass is 10.1. The zero-order valence-corrected chi connectivity index (χ0v) is 11.7. The number of hydrogen-bond donors (Lipinski definition) is 2. The maximum atomic E-state index is 12.0. The van der Waals surface area contributed by atoms with Gasteiger partial charge in [-0.05, 0) is 19.3 Å². The molecule has 0 aromatic carbocycles. The van der Waals surface area contributed by atoms with Crippen LogP contribution in [0.4, 0.5) is 0 Å². The number of carbonyl (C=O) groups is 1. The molecule has 1 aromatic heterocycles. The van der Waals surface area contributed by atoms with E-state index in [1.54, 1.807) is 12.5 Å². The van der Waals surface area contributed by atoms with Crippen molar-refractivity contribution in [2.75, 3.05) is 6.54 Å². The van der Waals surface area contributed by atoms with E-state index in [1.807, 2.05) is 18.4 Å². The van der Waals surface area contributed by atoms with Crippen molar-refractivity contribution in [3.63, 3.8) is 0 Å². The Morgan fingerprint density at radius 2 is 2.17 bits per heavy atom. The van der Waals surface area contributed by atoms with Gasteiger partial charge < -0.3 is 15.6 Å². The molecule has 5 nitrogen and oxygen atoms in total. The second-order valence-electron chi connectivity index (χ2n) is 5.06. The summed E-state index contributed by atoms with van der Waals surface area (Å²) >= 11 is 0. The van der Waals surface area contributed by atoms with Crippen LogP contribution in [0.2, 0.25) is 0 Å². The molecule has 2 atom stereocenters. The van der Waals surface area contributed by atoms with E-state index in [4.69, 9.17) is 5.73 Å². The van der Waals surface area contributed by atoms with Gasteiger partial charge in [0, 0.05) is 18.8 Å². The Balaban J connectivity index is 2.74. The Bertz CT molecular complexity index is 386. The molecule has 0 aliphatic rings. The van der Waals surface area contributed by atoms with Gasteiger partial charge >= 0.3 is 0 Å². The monoisotopic (exact) mass is 252 g/mol. The lowest BCUT2D eigenvalue weighted by molar-refractivity contribution is -0.124. The van der Waals surface area contributed by atoms with Crippen LogP contribution in [0.5, 0.6) is 0 Å². The van der Waals surface area contributed by atoms with Crippen molar-refractivity contribution in [1.82, 2.24) is 14.9 Å². The van der Waals surface area contributed by atoms with Gasteiger partial charge in [-0.15, -0.1) is 0 Å². The largest absolute Gasteiger partial charge is 0.354 e. The zero-order valence-electron chi connectivity index (χ0n) is 11.7. The second-order valence-corrected chi connectivity index (χ2v) is 5.06. The number of nitrogens with zero attached hydrogens (tertiary/aromatic N) is 2. The molecule has 102 valence electrons. The van der Waals surface area contributed by atoms with Gasteiger partial charge in [-0.2, -0.15) is 0 Å². The molecule has 0 saturated carbocycles. The van der Waals surface area contributed by atoms with Crippen LogP contribution in [0.15, 0.2) is 12.5 Å². The van der Waals surface area contributed by atoms with Crippen molar-refractivity contribution in [1.29, 1.82) is 0 Å². The van der Waals surface area contributed by atoms with Gasteiger partial charge in [0.2, 0.25) is 5.91 Å². The van der Waals surface area contributed by atoms with Gasteiger partial charge in [-0.3, -0.25) is 4.79 Å². The molecule has 1 unspecified atom stereocenters. The van der Waals surface area contributed by atoms with E-state index in [0.29, 0.717) is 12.5 Å². The highest BCUT2D eigenvalue weighted by atomic mass is 16.2. The Kier molecular flexibility index (Phi) is 5.34. The summed E-state index contributed by atoms with van der Waals surface area (Å²) in [5.41, 5.74) is 6.91. The number of imidazole rings is 1. The number of carbonyl (C=O) groups excluding carboxylic acids is 1. The third-order valence-corrected chi connectivity index (χ3v) is 3.00. The predicted molar refractivity (Wildman–Crippen MR) is 72.0 cm³/mol. The normalized spacial score (nSPS) is 14.6. The fraction of sp³-hybridized carbons (Fsp3) is 0.692. The molecule has 1 rings (SSSR count). The molecule has 18 heavy (non-hydrogen) atoms. The first kappa shape index (κ1) is 14.7. The predicted octanol–water partition coefficient (Wildman–Crippen LogP) is 1.63. The lowest BCUT2D eigenvalue weighted by Crippen LogP contribution is -2.34. The van der Waals surface area contributed by atoms with E-state index < -0.39 is 0 Å². The average molecular weight is 252 g/mol. The maximum absolute atomic E-state index is 12.0. The molecule has 0 radical (unpaired) electrons. The highest BCUT2D eigenvalue weighted by Crippen LogP contribution is 2.17. The number of rotatable bonds is 6. The summed E-state index contributed by atoms with van der Waals surface area (Å²) < 4.78 is 1.85. The van der Waals surface area contributed by atoms with Crippen LogP contribution < -0.4 is 11.1 Å². The molecular weight excluding hydrogens is 228 g/mol. The first-order valence-corrected chi connectivity index (χ1v) is 6.52. The number of nitrogens with two attached hydrogens (primary N) is 1. The number of hydrogen-bond acceptors (Lipinski definition) is 3. The third kappa shape index (κ3) is 3.57. The van der Waals surface area contributed by atoms with Crippen LogP contribution in [0.3, 0.4) is 0 Å². The van der Waals surface area contributed by atoms with E-state index >= 15 is 0 Å². The van der Waals surface area contributed by atoms with Gasteiger partial charge in [0.1, 0.15) is 6.04 Å². The molecular formula is C13H24N4O. The summed E-state index contributed by atoms with van der Waals surface area (Å²) in [5, 5.41) is 2.93. The van der Waals surface area contributed by atoms with Gasteiger partial charge in [-0.1, -0.05) is 20.8 Å². The van der Waals surface area contributed by atoms with Gasteiger partial charge in [0.15, 0.2) is 0 Å². The average Bonchev–Trinajstić information content (AvgIpc) is 2.82. The molecule has 5 heteroatoms. The second kappa shape index (κ2) is 6.54. The first-order chi connectivity index (χ1) is 8.47. The van der Waals surface area contributed by atoms with E-state index in [9.17, 15) is 4.79 Å². The highest BCUT2D eigenvalue weighted by Gasteiger charge is 2.19. The van der Waals surface area contributed by atoms with Crippen molar-refractivity contribution >= 4 is 5.91 Å². The summed E-state index contributed by atoms with van der Waals surface area (Å²) in [4.78, 5) is 16.1. The van der Waals surface area contributed by atoms with Gasteiger partial charge in [-0.25, -0.2) is 4.98 Å². The van der Waals surface area contributed by atoms with Crippen LogP contribution in [0, 0.1) is 5.92 Å². The Hall–Kier alpha value is -1.36. The van der Waals surface area contributed by atoms with Crippen molar-refractivity contribution in [3.05, 3.63) is 18.2 Å². The van der Waals surface area contributed by atoms with Crippen molar-refractivity contribution in [3.8, 4) is 0 Å². The van der Waals surface area contributed by atoms with Crippen molar-refractivity contribution in [2.45, 2.75) is 46.2 Å². The fourth-order valence-corrected chi connectivity index (χ4v) is 1.71. The fourth-order valence-electron chi connectivity index (χ4n) is 1.71. The van der Waals surface area contributed by atoms with E-state index in [2.05, 4.69) is 24.1 Å². The summed E-state index contributed by atoms with van der Waals surface area (Å²) in [6.07, 6.45) is 4.23. The topological polar surface area (TPSA) is 72.9 Å². The molecule has 1 heterocycles. The van der Waals surface area contributed by atoms with E-state index in [1.165, 1.54) is 0 Å². The van der Waals surface area contributed by atoms with Crippen molar-refractivity contribution < 1.29 is 4.79 Å². The standard InChI is InChI=1S/C13H24N4O/c1-5-11(14)12-7-15-8-17(12)10(4)13(18)16-6-9(2)3/h7-11H,5-6,14H2,1-4H3,(H,16,18)/t10?,11-/m1/s1. The molecule has 0 saturated heterocycles. The molecule has 1 aromatic rings. The van der Waals surface area contributed by atoms with Crippen molar-refractivity contribution in [2.24, 2.45) is 11.7 Å². The summed E-state index contributed by atoms with van der Waals surface area (Å²) in [7, 11) is 0. The van der Waals surface area contributed by atoms with Crippen LogP contribution >= 0.6 is 0 Å². The molecule has 3 N–H and O–H groups in total. The molecule has 1 amide bonds. The van der Waals surface area contributed by atoms with Crippen LogP contribution in [0.25, 0.3) is 0 Å². The Labute approximate surface area is 109 Å². The highest BCUT2D eigenvalue weighted by molar-refractivity contribution is 5.79. The number of aromatic nitrogens is 2. The minimum absolute atomic E-state index is 0.00579. The number of amides is 1. The Morgan fingerprint density at radius 3 is 2.72 bits per heavy atom. The molecule has 0 spiro atoms. The van der Waals surface area contributed by atoms with E-state index in [0.717, 1.165) is 12.1 Å². The van der Waals surface area contributed by atoms with Crippen LogP contribution in [-0.2, 0) is 4.79 Å². The lowest BCUT2D eigenvalue weighted by Gasteiger charge is -2.19. The first-order valence-electron chi connectivity index (χ1n) is 6.52. The SMILES string of the molecule is CC[C@@H](N)c1cncn1C(C)C(=O)NCC(C)C. The van der Waals surface area contributed by atoms with Crippen LogP contribution in [-0.4, -0.2) is 22.0 Å². The third-order valence-electron chi connectivity index (χ3n) is 3.00.